The predicted molar refractivity (Wildman–Crippen MR) is 70.1 cm³/mol. The number of nitrogens with two attached hydrogens (primary N) is 1. The molecule has 0 aliphatic carbocycles. The highest BCUT2D eigenvalue weighted by molar-refractivity contribution is 5.73. The predicted octanol–water partition coefficient (Wildman–Crippen LogP) is 1.83. The molecule has 98 valence electrons. The van der Waals surface area contributed by atoms with Crippen LogP contribution in [0.2, 0.25) is 0 Å². The first-order valence-electron chi connectivity index (χ1n) is 5.81. The largest absolute Gasteiger partial charge is 0.480 e. The minimum absolute atomic E-state index is 0.291. The number of carboxylic acid groups (broad SMARTS) is 1. The van der Waals surface area contributed by atoms with Gasteiger partial charge in [-0.25, -0.2) is 4.98 Å². The monoisotopic (exact) mass is 258 g/mol. The maximum absolute atomic E-state index is 10.7. The molecule has 5 nitrogen and oxygen atoms in total. The van der Waals surface area contributed by atoms with E-state index >= 15 is 0 Å². The van der Waals surface area contributed by atoms with Crippen LogP contribution in [0.15, 0.2) is 48.7 Å². The average molecular weight is 258 g/mol. The van der Waals surface area contributed by atoms with Crippen LogP contribution in [-0.4, -0.2) is 22.1 Å². The first-order valence-corrected chi connectivity index (χ1v) is 5.81. The van der Waals surface area contributed by atoms with Crippen molar-refractivity contribution < 1.29 is 14.6 Å². The van der Waals surface area contributed by atoms with Gasteiger partial charge in [-0.3, -0.25) is 4.79 Å². The first-order chi connectivity index (χ1) is 9.15. The van der Waals surface area contributed by atoms with Crippen molar-refractivity contribution in [1.82, 2.24) is 4.98 Å². The van der Waals surface area contributed by atoms with Crippen molar-refractivity contribution >= 4 is 5.97 Å². The maximum Gasteiger partial charge on any atom is 0.320 e. The van der Waals surface area contributed by atoms with Crippen LogP contribution in [0.3, 0.4) is 0 Å². The van der Waals surface area contributed by atoms with Crippen LogP contribution in [0.1, 0.15) is 5.56 Å². The lowest BCUT2D eigenvalue weighted by atomic mass is 10.1. The normalized spacial score (nSPS) is 11.8. The second-order valence-corrected chi connectivity index (χ2v) is 4.06. The van der Waals surface area contributed by atoms with Gasteiger partial charge in [-0.2, -0.15) is 0 Å². The third-order valence-corrected chi connectivity index (χ3v) is 2.56. The molecule has 0 saturated heterocycles. The molecule has 0 aliphatic rings. The number of benzene rings is 1. The van der Waals surface area contributed by atoms with Crippen LogP contribution in [0.25, 0.3) is 0 Å². The molecule has 3 N–H and O–H groups in total. The quantitative estimate of drug-likeness (QED) is 0.854. The Balaban J connectivity index is 2.01. The highest BCUT2D eigenvalue weighted by Crippen LogP contribution is 2.19. The molecule has 0 bridgehead atoms. The van der Waals surface area contributed by atoms with Crippen LogP contribution in [0.4, 0.5) is 0 Å². The fourth-order valence-corrected chi connectivity index (χ4v) is 1.56. The van der Waals surface area contributed by atoms with E-state index in [0.29, 0.717) is 18.1 Å². The van der Waals surface area contributed by atoms with Gasteiger partial charge in [-0.05, 0) is 30.2 Å². The lowest BCUT2D eigenvalue weighted by molar-refractivity contribution is -0.138. The molecule has 0 aliphatic heterocycles. The lowest BCUT2D eigenvalue weighted by Crippen LogP contribution is -2.32. The number of ether oxygens (including phenoxy) is 1. The Kier molecular flexibility index (Phi) is 4.10. The standard InChI is InChI=1S/C14H14N2O3/c15-12(14(17)18)9-10-4-6-11(7-5-10)19-13-3-1-2-8-16-13/h1-8,12H,9,15H2,(H,17,18)/t12-/m0/s1. The number of hydrogen-bond donors (Lipinski definition) is 2. The van der Waals surface area contributed by atoms with E-state index in [0.717, 1.165) is 5.56 Å². The summed E-state index contributed by atoms with van der Waals surface area (Å²) in [5, 5.41) is 8.73. The van der Waals surface area contributed by atoms with Crippen molar-refractivity contribution in [2.45, 2.75) is 12.5 Å². The summed E-state index contributed by atoms with van der Waals surface area (Å²) in [6.45, 7) is 0. The number of aromatic nitrogens is 1. The number of carboxylic acids is 1. The smallest absolute Gasteiger partial charge is 0.320 e. The van der Waals surface area contributed by atoms with Gasteiger partial charge in [-0.15, -0.1) is 0 Å². The van der Waals surface area contributed by atoms with E-state index < -0.39 is 12.0 Å². The van der Waals surface area contributed by atoms with Gasteiger partial charge in [0.15, 0.2) is 0 Å². The van der Waals surface area contributed by atoms with Crippen LogP contribution in [-0.2, 0) is 11.2 Å². The molecule has 1 aromatic heterocycles. The summed E-state index contributed by atoms with van der Waals surface area (Å²) in [5.41, 5.74) is 6.32. The van der Waals surface area contributed by atoms with Gasteiger partial charge in [0.1, 0.15) is 11.8 Å². The molecule has 0 unspecified atom stereocenters. The zero-order valence-electron chi connectivity index (χ0n) is 10.2. The van der Waals surface area contributed by atoms with Crippen LogP contribution in [0, 0.1) is 0 Å². The molecular formula is C14H14N2O3. The Morgan fingerprint density at radius 3 is 2.58 bits per heavy atom. The minimum atomic E-state index is -1.01. The molecule has 0 radical (unpaired) electrons. The molecule has 2 aromatic rings. The second kappa shape index (κ2) is 5.97. The summed E-state index contributed by atoms with van der Waals surface area (Å²) in [4.78, 5) is 14.7. The van der Waals surface area contributed by atoms with E-state index in [4.69, 9.17) is 15.6 Å². The van der Waals surface area contributed by atoms with E-state index in [1.165, 1.54) is 0 Å². The summed E-state index contributed by atoms with van der Waals surface area (Å²) < 4.78 is 5.53. The van der Waals surface area contributed by atoms with Crippen molar-refractivity contribution in [3.05, 3.63) is 54.2 Å². The molecule has 0 amide bonds. The van der Waals surface area contributed by atoms with Gasteiger partial charge < -0.3 is 15.6 Å². The zero-order chi connectivity index (χ0) is 13.7. The summed E-state index contributed by atoms with van der Waals surface area (Å²) >= 11 is 0. The van der Waals surface area contributed by atoms with Crippen molar-refractivity contribution in [2.75, 3.05) is 0 Å². The molecule has 19 heavy (non-hydrogen) atoms. The Hall–Kier alpha value is -2.40. The Morgan fingerprint density at radius 2 is 2.00 bits per heavy atom. The number of rotatable bonds is 5. The number of carbonyl (C=O) groups is 1. The van der Waals surface area contributed by atoms with Crippen LogP contribution >= 0.6 is 0 Å². The van der Waals surface area contributed by atoms with E-state index in [-0.39, 0.29) is 0 Å². The topological polar surface area (TPSA) is 85.4 Å². The van der Waals surface area contributed by atoms with Gasteiger partial charge in [0.05, 0.1) is 0 Å². The Morgan fingerprint density at radius 1 is 1.26 bits per heavy atom. The van der Waals surface area contributed by atoms with E-state index in [2.05, 4.69) is 4.98 Å². The van der Waals surface area contributed by atoms with Crippen molar-refractivity contribution in [1.29, 1.82) is 0 Å². The van der Waals surface area contributed by atoms with Gasteiger partial charge in [0.2, 0.25) is 5.88 Å². The second-order valence-electron chi connectivity index (χ2n) is 4.06. The highest BCUT2D eigenvalue weighted by Gasteiger charge is 2.11. The molecule has 0 saturated carbocycles. The summed E-state index contributed by atoms with van der Waals surface area (Å²) in [5.74, 6) is 0.151. The molecule has 1 heterocycles. The van der Waals surface area contributed by atoms with Crippen molar-refractivity contribution in [3.63, 3.8) is 0 Å². The number of nitrogens with zero attached hydrogens (tertiary/aromatic N) is 1. The lowest BCUT2D eigenvalue weighted by Gasteiger charge is -2.08. The molecule has 1 aromatic carbocycles. The third kappa shape index (κ3) is 3.79. The van der Waals surface area contributed by atoms with Crippen molar-refractivity contribution in [2.24, 2.45) is 5.73 Å². The first kappa shape index (κ1) is 13.0. The Labute approximate surface area is 110 Å². The van der Waals surface area contributed by atoms with Crippen LogP contribution in [0.5, 0.6) is 11.6 Å². The Bertz CT molecular complexity index is 540. The third-order valence-electron chi connectivity index (χ3n) is 2.56. The minimum Gasteiger partial charge on any atom is -0.480 e. The summed E-state index contributed by atoms with van der Waals surface area (Å²) in [6.07, 6.45) is 1.94. The fourth-order valence-electron chi connectivity index (χ4n) is 1.56. The van der Waals surface area contributed by atoms with Gasteiger partial charge in [0.25, 0.3) is 0 Å². The zero-order valence-corrected chi connectivity index (χ0v) is 10.2. The number of hydrogen-bond acceptors (Lipinski definition) is 4. The maximum atomic E-state index is 10.7. The number of pyridine rings is 1. The SMILES string of the molecule is N[C@@H](Cc1ccc(Oc2ccccn2)cc1)C(=O)O. The fraction of sp³-hybridized carbons (Fsp3) is 0.143. The summed E-state index contributed by atoms with van der Waals surface area (Å²) in [7, 11) is 0. The number of aliphatic carboxylic acids is 1. The molecule has 0 fully saturated rings. The van der Waals surface area contributed by atoms with Gasteiger partial charge in [0, 0.05) is 12.3 Å². The van der Waals surface area contributed by atoms with Gasteiger partial charge >= 0.3 is 5.97 Å². The highest BCUT2D eigenvalue weighted by atomic mass is 16.5. The van der Waals surface area contributed by atoms with E-state index in [1.807, 2.05) is 12.1 Å². The van der Waals surface area contributed by atoms with Crippen LogP contribution < -0.4 is 10.5 Å². The average Bonchev–Trinajstić information content (AvgIpc) is 2.42. The molecule has 0 spiro atoms. The summed E-state index contributed by atoms with van der Waals surface area (Å²) in [6, 6.07) is 11.6. The molecular weight excluding hydrogens is 244 g/mol. The van der Waals surface area contributed by atoms with Gasteiger partial charge in [-0.1, -0.05) is 18.2 Å². The van der Waals surface area contributed by atoms with E-state index in [1.54, 1.807) is 36.5 Å². The molecule has 1 atom stereocenters. The van der Waals surface area contributed by atoms with E-state index in [9.17, 15) is 4.79 Å². The molecule has 5 heteroatoms. The van der Waals surface area contributed by atoms with Crippen molar-refractivity contribution in [3.8, 4) is 11.6 Å². The molecule has 2 rings (SSSR count).